The van der Waals surface area contributed by atoms with Crippen LogP contribution in [0.1, 0.15) is 10.4 Å². The number of ether oxygens (including phenoxy) is 1. The molecule has 0 bridgehead atoms. The number of rotatable bonds is 5. The smallest absolute Gasteiger partial charge is 0.251 e. The van der Waals surface area contributed by atoms with E-state index in [1.807, 2.05) is 12.1 Å². The molecule has 0 heterocycles. The van der Waals surface area contributed by atoms with Crippen LogP contribution in [-0.2, 0) is 0 Å². The fourth-order valence-corrected chi connectivity index (χ4v) is 1.91. The predicted octanol–water partition coefficient (Wildman–Crippen LogP) is 3.80. The van der Waals surface area contributed by atoms with Gasteiger partial charge in [-0.05, 0) is 36.4 Å². The summed E-state index contributed by atoms with van der Waals surface area (Å²) in [4.78, 5) is 11.8. The summed E-state index contributed by atoms with van der Waals surface area (Å²) in [6.07, 6.45) is 0. The first-order valence-corrected chi connectivity index (χ1v) is 6.83. The first-order chi connectivity index (χ1) is 9.66. The van der Waals surface area contributed by atoms with Gasteiger partial charge in [0.1, 0.15) is 12.4 Å². The highest BCUT2D eigenvalue weighted by Crippen LogP contribution is 2.22. The second-order valence-electron chi connectivity index (χ2n) is 4.04. The predicted molar refractivity (Wildman–Crippen MR) is 80.7 cm³/mol. The number of benzene rings is 2. The Hall–Kier alpha value is -1.71. The van der Waals surface area contributed by atoms with E-state index in [9.17, 15) is 4.79 Å². The standard InChI is InChI=1S/C15H13Cl2NO2/c16-12-7-5-11(6-8-12)15(19)18-9-10-20-14-4-2-1-3-13(14)17/h1-8H,9-10H2,(H,18,19). The number of hydrogen-bond acceptors (Lipinski definition) is 2. The molecule has 20 heavy (non-hydrogen) atoms. The van der Waals surface area contributed by atoms with Gasteiger partial charge in [0, 0.05) is 10.6 Å². The van der Waals surface area contributed by atoms with Crippen LogP contribution < -0.4 is 10.1 Å². The highest BCUT2D eigenvalue weighted by molar-refractivity contribution is 6.32. The molecular formula is C15H13Cl2NO2. The van der Waals surface area contributed by atoms with Crippen LogP contribution in [0.3, 0.4) is 0 Å². The van der Waals surface area contributed by atoms with Gasteiger partial charge in [-0.3, -0.25) is 4.79 Å². The Kier molecular flexibility index (Phi) is 5.27. The zero-order valence-electron chi connectivity index (χ0n) is 10.6. The van der Waals surface area contributed by atoms with Crippen LogP contribution in [0.2, 0.25) is 10.0 Å². The minimum absolute atomic E-state index is 0.163. The average Bonchev–Trinajstić information content (AvgIpc) is 2.46. The van der Waals surface area contributed by atoms with Crippen molar-refractivity contribution in [1.82, 2.24) is 5.32 Å². The Morgan fingerprint density at radius 3 is 2.45 bits per heavy atom. The van der Waals surface area contributed by atoms with E-state index in [4.69, 9.17) is 27.9 Å². The van der Waals surface area contributed by atoms with Gasteiger partial charge in [-0.15, -0.1) is 0 Å². The molecule has 0 aliphatic carbocycles. The lowest BCUT2D eigenvalue weighted by molar-refractivity contribution is 0.0947. The van der Waals surface area contributed by atoms with Crippen LogP contribution in [0, 0.1) is 0 Å². The molecule has 2 aromatic rings. The molecule has 0 spiro atoms. The number of halogens is 2. The molecule has 0 atom stereocenters. The maximum atomic E-state index is 11.8. The van der Waals surface area contributed by atoms with Gasteiger partial charge in [-0.1, -0.05) is 35.3 Å². The van der Waals surface area contributed by atoms with E-state index in [2.05, 4.69) is 5.32 Å². The molecule has 0 aliphatic rings. The van der Waals surface area contributed by atoms with Gasteiger partial charge in [-0.2, -0.15) is 0 Å². The number of amides is 1. The summed E-state index contributed by atoms with van der Waals surface area (Å²) < 4.78 is 5.47. The molecule has 0 saturated carbocycles. The SMILES string of the molecule is O=C(NCCOc1ccccc1Cl)c1ccc(Cl)cc1. The molecule has 1 N–H and O–H groups in total. The van der Waals surface area contributed by atoms with Gasteiger partial charge < -0.3 is 10.1 Å². The Labute approximate surface area is 127 Å². The summed E-state index contributed by atoms with van der Waals surface area (Å²) in [5.74, 6) is 0.444. The molecule has 0 saturated heterocycles. The maximum Gasteiger partial charge on any atom is 0.251 e. The summed E-state index contributed by atoms with van der Waals surface area (Å²) in [6, 6.07) is 13.9. The van der Waals surface area contributed by atoms with E-state index in [0.717, 1.165) is 0 Å². The number of carbonyl (C=O) groups excluding carboxylic acids is 1. The van der Waals surface area contributed by atoms with E-state index in [0.29, 0.717) is 34.5 Å². The van der Waals surface area contributed by atoms with Gasteiger partial charge in [0.2, 0.25) is 0 Å². The zero-order valence-corrected chi connectivity index (χ0v) is 12.1. The zero-order chi connectivity index (χ0) is 14.4. The van der Waals surface area contributed by atoms with Crippen LogP contribution in [-0.4, -0.2) is 19.1 Å². The second kappa shape index (κ2) is 7.17. The molecule has 0 unspecified atom stereocenters. The van der Waals surface area contributed by atoms with Crippen molar-refractivity contribution in [1.29, 1.82) is 0 Å². The average molecular weight is 310 g/mol. The monoisotopic (exact) mass is 309 g/mol. The molecule has 104 valence electrons. The summed E-state index contributed by atoms with van der Waals surface area (Å²) in [7, 11) is 0. The summed E-state index contributed by atoms with van der Waals surface area (Å²) in [6.45, 7) is 0.746. The Morgan fingerprint density at radius 2 is 1.75 bits per heavy atom. The Morgan fingerprint density at radius 1 is 1.05 bits per heavy atom. The maximum absolute atomic E-state index is 11.8. The molecule has 0 fully saturated rings. The Balaban J connectivity index is 1.77. The molecule has 2 aromatic carbocycles. The third-order valence-electron chi connectivity index (χ3n) is 2.59. The molecule has 2 rings (SSSR count). The minimum atomic E-state index is -0.163. The normalized spacial score (nSPS) is 10.1. The number of carbonyl (C=O) groups is 1. The van der Waals surface area contributed by atoms with Crippen LogP contribution in [0.15, 0.2) is 48.5 Å². The topological polar surface area (TPSA) is 38.3 Å². The van der Waals surface area contributed by atoms with Gasteiger partial charge in [0.15, 0.2) is 0 Å². The molecule has 5 heteroatoms. The third kappa shape index (κ3) is 4.15. The molecule has 0 aliphatic heterocycles. The van der Waals surface area contributed by atoms with Gasteiger partial charge in [0.05, 0.1) is 11.6 Å². The van der Waals surface area contributed by atoms with Crippen molar-refractivity contribution in [3.8, 4) is 5.75 Å². The van der Waals surface area contributed by atoms with E-state index >= 15 is 0 Å². The van der Waals surface area contributed by atoms with Crippen LogP contribution in [0.4, 0.5) is 0 Å². The van der Waals surface area contributed by atoms with Crippen molar-refractivity contribution >= 4 is 29.1 Å². The third-order valence-corrected chi connectivity index (χ3v) is 3.15. The molecule has 3 nitrogen and oxygen atoms in total. The number of nitrogens with one attached hydrogen (secondary N) is 1. The van der Waals surface area contributed by atoms with Gasteiger partial charge in [0.25, 0.3) is 5.91 Å². The van der Waals surface area contributed by atoms with Crippen molar-refractivity contribution in [2.24, 2.45) is 0 Å². The fourth-order valence-electron chi connectivity index (χ4n) is 1.59. The quantitative estimate of drug-likeness (QED) is 0.853. The lowest BCUT2D eigenvalue weighted by Crippen LogP contribution is -2.28. The van der Waals surface area contributed by atoms with Crippen molar-refractivity contribution in [2.45, 2.75) is 0 Å². The minimum Gasteiger partial charge on any atom is -0.490 e. The molecule has 0 aromatic heterocycles. The van der Waals surface area contributed by atoms with Crippen LogP contribution in [0.25, 0.3) is 0 Å². The van der Waals surface area contributed by atoms with Crippen molar-refractivity contribution < 1.29 is 9.53 Å². The van der Waals surface area contributed by atoms with Gasteiger partial charge >= 0.3 is 0 Å². The van der Waals surface area contributed by atoms with E-state index in [1.54, 1.807) is 36.4 Å². The second-order valence-corrected chi connectivity index (χ2v) is 4.89. The van der Waals surface area contributed by atoms with Crippen LogP contribution >= 0.6 is 23.2 Å². The lowest BCUT2D eigenvalue weighted by atomic mass is 10.2. The molecule has 1 amide bonds. The van der Waals surface area contributed by atoms with E-state index in [-0.39, 0.29) is 5.91 Å². The highest BCUT2D eigenvalue weighted by atomic mass is 35.5. The van der Waals surface area contributed by atoms with Gasteiger partial charge in [-0.25, -0.2) is 0 Å². The fraction of sp³-hybridized carbons (Fsp3) is 0.133. The van der Waals surface area contributed by atoms with E-state index < -0.39 is 0 Å². The molecular weight excluding hydrogens is 297 g/mol. The first kappa shape index (κ1) is 14.7. The lowest BCUT2D eigenvalue weighted by Gasteiger charge is -2.09. The number of para-hydroxylation sites is 1. The summed E-state index contributed by atoms with van der Waals surface area (Å²) in [5.41, 5.74) is 0.562. The summed E-state index contributed by atoms with van der Waals surface area (Å²) >= 11 is 11.7. The highest BCUT2D eigenvalue weighted by Gasteiger charge is 2.05. The van der Waals surface area contributed by atoms with Crippen molar-refractivity contribution in [2.75, 3.05) is 13.2 Å². The first-order valence-electron chi connectivity index (χ1n) is 6.08. The summed E-state index contributed by atoms with van der Waals surface area (Å²) in [5, 5.41) is 3.91. The largest absolute Gasteiger partial charge is 0.490 e. The van der Waals surface area contributed by atoms with Crippen LogP contribution in [0.5, 0.6) is 5.75 Å². The van der Waals surface area contributed by atoms with Crippen molar-refractivity contribution in [3.63, 3.8) is 0 Å². The number of hydrogen-bond donors (Lipinski definition) is 1. The van der Waals surface area contributed by atoms with E-state index in [1.165, 1.54) is 0 Å². The molecule has 0 radical (unpaired) electrons. The Bertz CT molecular complexity index is 585. The van der Waals surface area contributed by atoms with Crippen molar-refractivity contribution in [3.05, 3.63) is 64.1 Å².